The monoisotopic (exact) mass is 245 g/mol. The highest BCUT2D eigenvalue weighted by Crippen LogP contribution is 2.04. The first-order valence-electron chi connectivity index (χ1n) is 5.80. The van der Waals surface area contributed by atoms with E-state index in [1.807, 2.05) is 0 Å². The van der Waals surface area contributed by atoms with Gasteiger partial charge in [0.25, 0.3) is 0 Å². The molecule has 0 bridgehead atoms. The Morgan fingerprint density at radius 2 is 0.810 bits per heavy atom. The maximum Gasteiger partial charge on any atom is 0.140 e. The van der Waals surface area contributed by atoms with Crippen LogP contribution in [0.25, 0.3) is 11.3 Å². The van der Waals surface area contributed by atoms with Crippen LogP contribution in [0, 0.1) is 0 Å². The van der Waals surface area contributed by atoms with Crippen molar-refractivity contribution in [3.63, 3.8) is 0 Å². The SMILES string of the molecule is [B]c1nc(-c2c([B])c([B])c([B])c([B])c2[B])c([B])c([B])c1[B]. The Hall–Kier alpha value is -1.05. The summed E-state index contributed by atoms with van der Waals surface area (Å²) >= 11 is 0. The van der Waals surface area contributed by atoms with E-state index in [4.69, 9.17) is 70.6 Å². The van der Waals surface area contributed by atoms with Gasteiger partial charge >= 0.3 is 0 Å². The maximum absolute atomic E-state index is 5.94. The third-order valence-electron chi connectivity index (χ3n) is 3.28. The summed E-state index contributed by atoms with van der Waals surface area (Å²) in [5.41, 5.74) is 0.984. The summed E-state index contributed by atoms with van der Waals surface area (Å²) in [6.45, 7) is 0. The lowest BCUT2D eigenvalue weighted by molar-refractivity contribution is 1.44. The minimum atomic E-state index is -0.00975. The Kier molecular flexibility index (Phi) is 4.37. The van der Waals surface area contributed by atoms with Gasteiger partial charge in [-0.15, -0.1) is 21.9 Å². The number of rotatable bonds is 1. The molecule has 0 saturated carbocycles. The molecular formula is C11B9N. The Balaban J connectivity index is 2.93. The minimum absolute atomic E-state index is 0.00975. The molecule has 0 amide bonds. The van der Waals surface area contributed by atoms with Crippen LogP contribution in [0.15, 0.2) is 0 Å². The van der Waals surface area contributed by atoms with E-state index in [0.29, 0.717) is 0 Å². The van der Waals surface area contributed by atoms with E-state index in [0.717, 1.165) is 0 Å². The van der Waals surface area contributed by atoms with Gasteiger partial charge in [-0.05, 0) is 11.2 Å². The normalized spacial score (nSPS) is 10.7. The standard InChI is InChI=1S/C11B9N/c12-2-1(3(13)5(15)6(16)4(2)14)10-8(18)7(17)9(19)11(20)21-10. The summed E-state index contributed by atoms with van der Waals surface area (Å²) in [5, 5.41) is 0. The average Bonchev–Trinajstić information content (AvgIpc) is 2.46. The van der Waals surface area contributed by atoms with Crippen molar-refractivity contribution in [2.24, 2.45) is 0 Å². The van der Waals surface area contributed by atoms with Crippen LogP contribution >= 0.6 is 0 Å². The zero-order chi connectivity index (χ0) is 16.1. The van der Waals surface area contributed by atoms with Crippen LogP contribution in [0.4, 0.5) is 0 Å². The smallest absolute Gasteiger partial charge is 0.140 e. The summed E-state index contributed by atoms with van der Waals surface area (Å²) in [6, 6.07) is 0. The van der Waals surface area contributed by atoms with E-state index in [2.05, 4.69) is 4.98 Å². The van der Waals surface area contributed by atoms with E-state index >= 15 is 0 Å². The van der Waals surface area contributed by atoms with E-state index in [1.165, 1.54) is 0 Å². The van der Waals surface area contributed by atoms with Crippen LogP contribution in [-0.4, -0.2) is 75.6 Å². The molecule has 0 aliphatic carbocycles. The second-order valence-corrected chi connectivity index (χ2v) is 4.53. The summed E-state index contributed by atoms with van der Waals surface area (Å²) < 4.78 is 0. The van der Waals surface area contributed by atoms with Crippen molar-refractivity contribution < 1.29 is 0 Å². The summed E-state index contributed by atoms with van der Waals surface area (Å²) in [5.74, 6) is 0. The Labute approximate surface area is 136 Å². The van der Waals surface area contributed by atoms with E-state index in [9.17, 15) is 0 Å². The van der Waals surface area contributed by atoms with Crippen molar-refractivity contribution in [1.82, 2.24) is 4.98 Å². The van der Waals surface area contributed by atoms with Gasteiger partial charge in [-0.25, -0.2) is 0 Å². The number of hydrogen-bond acceptors (Lipinski definition) is 1. The molecule has 1 nitrogen and oxygen atoms in total. The van der Waals surface area contributed by atoms with Gasteiger partial charge in [0.05, 0.1) is 5.69 Å². The predicted octanol–water partition coefficient (Wildman–Crippen LogP) is -8.11. The molecule has 0 aliphatic rings. The summed E-state index contributed by atoms with van der Waals surface area (Å²) in [4.78, 5) is 4.07. The van der Waals surface area contributed by atoms with Crippen LogP contribution < -0.4 is 49.3 Å². The molecule has 0 unspecified atom stereocenters. The summed E-state index contributed by atoms with van der Waals surface area (Å²) in [6.07, 6.45) is 0. The van der Waals surface area contributed by atoms with Gasteiger partial charge in [-0.3, -0.25) is 4.98 Å². The quantitative estimate of drug-likeness (QED) is 0.454. The number of pyridine rings is 1. The lowest BCUT2D eigenvalue weighted by Gasteiger charge is -2.24. The fourth-order valence-electron chi connectivity index (χ4n) is 1.95. The van der Waals surface area contributed by atoms with Crippen molar-refractivity contribution in [2.75, 3.05) is 0 Å². The molecule has 0 saturated heterocycles. The molecule has 0 atom stereocenters. The molecule has 0 fully saturated rings. The van der Waals surface area contributed by atoms with Crippen LogP contribution in [0.2, 0.25) is 0 Å². The minimum Gasteiger partial charge on any atom is -0.266 e. The van der Waals surface area contributed by atoms with Gasteiger partial charge in [-0.1, -0.05) is 21.9 Å². The molecule has 2 aromatic rings. The van der Waals surface area contributed by atoms with Gasteiger partial charge in [0, 0.05) is 0 Å². The molecule has 21 heavy (non-hydrogen) atoms. The predicted molar refractivity (Wildman–Crippen MR) is 98.2 cm³/mol. The first-order chi connectivity index (χ1) is 9.68. The van der Waals surface area contributed by atoms with Gasteiger partial charge in [0.1, 0.15) is 70.6 Å². The Morgan fingerprint density at radius 3 is 1.29 bits per heavy atom. The lowest BCUT2D eigenvalue weighted by Crippen LogP contribution is -2.57. The first-order valence-corrected chi connectivity index (χ1v) is 5.80. The van der Waals surface area contributed by atoms with Crippen molar-refractivity contribution in [1.29, 1.82) is 0 Å². The van der Waals surface area contributed by atoms with E-state index < -0.39 is 0 Å². The number of benzene rings is 1. The van der Waals surface area contributed by atoms with Crippen molar-refractivity contribution in [2.45, 2.75) is 0 Å². The molecule has 0 aliphatic heterocycles. The third kappa shape index (κ3) is 2.47. The summed E-state index contributed by atoms with van der Waals surface area (Å²) in [7, 11) is 52.3. The highest BCUT2D eigenvalue weighted by molar-refractivity contribution is 6.69. The first kappa shape index (κ1) is 16.3. The van der Waals surface area contributed by atoms with Crippen molar-refractivity contribution in [3.05, 3.63) is 0 Å². The van der Waals surface area contributed by atoms with E-state index in [-0.39, 0.29) is 60.6 Å². The van der Waals surface area contributed by atoms with Crippen molar-refractivity contribution >= 4 is 120 Å². The molecular weight excluding hydrogens is 243 g/mol. The number of hydrogen-bond donors (Lipinski definition) is 0. The van der Waals surface area contributed by atoms with Gasteiger partial charge in [0.15, 0.2) is 0 Å². The Morgan fingerprint density at radius 1 is 0.429 bits per heavy atom. The molecule has 0 N–H and O–H groups in total. The second-order valence-electron chi connectivity index (χ2n) is 4.53. The number of nitrogens with zero attached hydrogens (tertiary/aromatic N) is 1. The largest absolute Gasteiger partial charge is 0.266 e. The molecule has 1 heterocycles. The van der Waals surface area contributed by atoms with Crippen molar-refractivity contribution in [3.8, 4) is 11.3 Å². The molecule has 10 heteroatoms. The Bertz CT molecular complexity index is 727. The highest BCUT2D eigenvalue weighted by Gasteiger charge is 2.16. The molecule has 1 aromatic heterocycles. The van der Waals surface area contributed by atoms with Crippen LogP contribution in [-0.2, 0) is 0 Å². The second kappa shape index (κ2) is 5.63. The molecule has 0 spiro atoms. The fraction of sp³-hybridized carbons (Fsp3) is 0. The van der Waals surface area contributed by atoms with E-state index in [1.54, 1.807) is 0 Å². The molecule has 18 radical (unpaired) electrons. The van der Waals surface area contributed by atoms with Gasteiger partial charge in [-0.2, -0.15) is 0 Å². The van der Waals surface area contributed by atoms with Gasteiger partial charge < -0.3 is 0 Å². The molecule has 2 rings (SSSR count). The van der Waals surface area contributed by atoms with Crippen LogP contribution in [0.3, 0.4) is 0 Å². The molecule has 1 aromatic carbocycles. The lowest BCUT2D eigenvalue weighted by atomic mass is 9.59. The average molecular weight is 243 g/mol. The zero-order valence-corrected chi connectivity index (χ0v) is 11.1. The van der Waals surface area contributed by atoms with Crippen LogP contribution in [0.1, 0.15) is 0 Å². The molecule has 76 valence electrons. The topological polar surface area (TPSA) is 12.9 Å². The number of aromatic nitrogens is 1. The third-order valence-corrected chi connectivity index (χ3v) is 3.28. The van der Waals surface area contributed by atoms with Gasteiger partial charge in [0.2, 0.25) is 0 Å². The fourth-order valence-corrected chi connectivity index (χ4v) is 1.95. The highest BCUT2D eigenvalue weighted by atomic mass is 14.7. The maximum atomic E-state index is 5.94. The zero-order valence-electron chi connectivity index (χ0n) is 11.1. The van der Waals surface area contributed by atoms with Crippen LogP contribution in [0.5, 0.6) is 0 Å².